The van der Waals surface area contributed by atoms with E-state index in [9.17, 15) is 18.8 Å². The molecule has 3 heterocycles. The number of hydrogen-bond donors (Lipinski definition) is 0. The highest BCUT2D eigenvalue weighted by Gasteiger charge is 2.72. The Balaban J connectivity index is 1.69. The highest BCUT2D eigenvalue weighted by molar-refractivity contribution is 9.10. The molecule has 2 aromatic carbocycles. The van der Waals surface area contributed by atoms with E-state index in [0.717, 1.165) is 14.9 Å². The summed E-state index contributed by atoms with van der Waals surface area (Å²) in [5.41, 5.74) is -0.506. The van der Waals surface area contributed by atoms with E-state index in [1.807, 2.05) is 12.1 Å². The van der Waals surface area contributed by atoms with Crippen molar-refractivity contribution in [3.8, 4) is 5.75 Å². The number of urea groups is 1. The summed E-state index contributed by atoms with van der Waals surface area (Å²) in [4.78, 5) is 43.1. The number of hydrogen-bond acceptors (Lipinski definition) is 5. The van der Waals surface area contributed by atoms with Crippen molar-refractivity contribution in [2.45, 2.75) is 25.4 Å². The van der Waals surface area contributed by atoms with Gasteiger partial charge in [0, 0.05) is 16.0 Å². The van der Waals surface area contributed by atoms with Gasteiger partial charge < -0.3 is 14.4 Å². The van der Waals surface area contributed by atoms with E-state index < -0.39 is 47.1 Å². The maximum Gasteiger partial charge on any atom is 0.332 e. The van der Waals surface area contributed by atoms with Crippen LogP contribution in [-0.4, -0.2) is 41.6 Å². The molecule has 2 fully saturated rings. The third kappa shape index (κ3) is 2.73. The lowest BCUT2D eigenvalue weighted by molar-refractivity contribution is -0.154. The summed E-state index contributed by atoms with van der Waals surface area (Å²) in [6, 6.07) is 9.49. The largest absolute Gasteiger partial charge is 0.493 e. The fourth-order valence-corrected chi connectivity index (χ4v) is 5.66. The molecule has 0 aliphatic carbocycles. The van der Waals surface area contributed by atoms with Crippen LogP contribution in [-0.2, 0) is 14.3 Å². The lowest BCUT2D eigenvalue weighted by Gasteiger charge is -2.34. The van der Waals surface area contributed by atoms with Crippen LogP contribution in [0.4, 0.5) is 14.9 Å². The average Bonchev–Trinajstić information content (AvgIpc) is 3.14. The van der Waals surface area contributed by atoms with Crippen LogP contribution in [0.2, 0.25) is 0 Å². The Morgan fingerprint density at radius 1 is 1.25 bits per heavy atom. The summed E-state index contributed by atoms with van der Waals surface area (Å²) in [5, 5.41) is 0. The quantitative estimate of drug-likeness (QED) is 0.467. The van der Waals surface area contributed by atoms with Crippen LogP contribution in [0.15, 0.2) is 46.9 Å². The molecule has 9 heteroatoms. The number of anilines is 1. The van der Waals surface area contributed by atoms with E-state index in [-0.39, 0.29) is 18.9 Å². The molecule has 0 bridgehead atoms. The molecule has 3 aliphatic rings. The first kappa shape index (κ1) is 20.9. The number of esters is 1. The molecule has 0 N–H and O–H groups in total. The van der Waals surface area contributed by atoms with Crippen LogP contribution in [0.3, 0.4) is 0 Å². The lowest BCUT2D eigenvalue weighted by Crippen LogP contribution is -2.51. The van der Waals surface area contributed by atoms with E-state index >= 15 is 0 Å². The van der Waals surface area contributed by atoms with Crippen LogP contribution >= 0.6 is 15.9 Å². The average molecular weight is 503 g/mol. The van der Waals surface area contributed by atoms with Crippen molar-refractivity contribution in [1.82, 2.24) is 4.90 Å². The summed E-state index contributed by atoms with van der Waals surface area (Å²) in [6.45, 7) is 3.62. The predicted molar refractivity (Wildman–Crippen MR) is 116 cm³/mol. The van der Waals surface area contributed by atoms with Crippen LogP contribution in [0.5, 0.6) is 5.75 Å². The molecular formula is C23H20BrFN2O5. The molecule has 0 radical (unpaired) electrons. The van der Waals surface area contributed by atoms with Gasteiger partial charge in [-0.15, -0.1) is 0 Å². The second kappa shape index (κ2) is 7.30. The lowest BCUT2D eigenvalue weighted by atomic mass is 9.77. The Labute approximate surface area is 192 Å². The van der Waals surface area contributed by atoms with Crippen molar-refractivity contribution >= 4 is 39.5 Å². The first-order valence-corrected chi connectivity index (χ1v) is 11.1. The van der Waals surface area contributed by atoms with Crippen molar-refractivity contribution in [2.75, 3.05) is 18.1 Å². The first-order valence-electron chi connectivity index (χ1n) is 10.3. The second-order valence-electron chi connectivity index (χ2n) is 8.25. The van der Waals surface area contributed by atoms with Gasteiger partial charge in [-0.05, 0) is 56.3 Å². The monoisotopic (exact) mass is 502 g/mol. The fourth-order valence-electron chi connectivity index (χ4n) is 5.28. The zero-order chi connectivity index (χ0) is 22.8. The topological polar surface area (TPSA) is 76.2 Å². The smallest absolute Gasteiger partial charge is 0.332 e. The van der Waals surface area contributed by atoms with Gasteiger partial charge in [-0.25, -0.2) is 14.1 Å². The minimum Gasteiger partial charge on any atom is -0.493 e. The van der Waals surface area contributed by atoms with Gasteiger partial charge in [0.25, 0.3) is 5.91 Å². The van der Waals surface area contributed by atoms with Gasteiger partial charge in [-0.1, -0.05) is 15.9 Å². The van der Waals surface area contributed by atoms with Gasteiger partial charge in [0.1, 0.15) is 17.1 Å². The highest BCUT2D eigenvalue weighted by atomic mass is 79.9. The number of ether oxygens (including phenoxy) is 2. The SMILES string of the molecule is CCOC(=O)[C@@H]1[C@H]2COc3ccc(Br)cc3[C@@H]2N2C(=O)N(c3ccc(F)cc3)C(=O)[C@]12C. The number of benzene rings is 2. The molecule has 166 valence electrons. The van der Waals surface area contributed by atoms with Crippen LogP contribution < -0.4 is 9.64 Å². The van der Waals surface area contributed by atoms with Crippen molar-refractivity contribution in [2.24, 2.45) is 11.8 Å². The predicted octanol–water partition coefficient (Wildman–Crippen LogP) is 4.06. The number of rotatable bonds is 3. The van der Waals surface area contributed by atoms with Gasteiger partial charge in [0.2, 0.25) is 0 Å². The molecule has 0 unspecified atom stereocenters. The zero-order valence-corrected chi connectivity index (χ0v) is 19.0. The molecule has 32 heavy (non-hydrogen) atoms. The van der Waals surface area contributed by atoms with E-state index in [4.69, 9.17) is 9.47 Å². The summed E-state index contributed by atoms with van der Waals surface area (Å²) < 4.78 is 25.5. The molecule has 0 aromatic heterocycles. The van der Waals surface area contributed by atoms with Crippen molar-refractivity contribution in [1.29, 1.82) is 0 Å². The van der Waals surface area contributed by atoms with E-state index in [1.165, 1.54) is 29.2 Å². The Morgan fingerprint density at radius 2 is 1.97 bits per heavy atom. The van der Waals surface area contributed by atoms with Gasteiger partial charge in [-0.2, -0.15) is 0 Å². The molecule has 0 spiro atoms. The molecule has 2 saturated heterocycles. The van der Waals surface area contributed by atoms with Crippen LogP contribution in [0.25, 0.3) is 0 Å². The fraction of sp³-hybridized carbons (Fsp3) is 0.348. The number of fused-ring (bicyclic) bond motifs is 5. The Hall–Kier alpha value is -2.94. The summed E-state index contributed by atoms with van der Waals surface area (Å²) in [6.07, 6.45) is 0. The van der Waals surface area contributed by atoms with Crippen molar-refractivity contribution in [3.05, 3.63) is 58.3 Å². The maximum absolute atomic E-state index is 13.8. The molecule has 5 rings (SSSR count). The van der Waals surface area contributed by atoms with E-state index in [1.54, 1.807) is 19.9 Å². The molecule has 4 atom stereocenters. The van der Waals surface area contributed by atoms with Crippen molar-refractivity contribution < 1.29 is 28.2 Å². The minimum absolute atomic E-state index is 0.148. The van der Waals surface area contributed by atoms with Crippen LogP contribution in [0.1, 0.15) is 25.5 Å². The number of nitrogens with zero attached hydrogens (tertiary/aromatic N) is 2. The highest BCUT2D eigenvalue weighted by Crippen LogP contribution is 2.58. The van der Waals surface area contributed by atoms with Gasteiger partial charge in [0.05, 0.1) is 30.9 Å². The van der Waals surface area contributed by atoms with Crippen LogP contribution in [0, 0.1) is 17.7 Å². The number of amides is 3. The molecule has 3 amide bonds. The van der Waals surface area contributed by atoms with E-state index in [0.29, 0.717) is 5.75 Å². The molecular weight excluding hydrogens is 483 g/mol. The van der Waals surface area contributed by atoms with Gasteiger partial charge in [0.15, 0.2) is 0 Å². The Bertz CT molecular complexity index is 1140. The van der Waals surface area contributed by atoms with Gasteiger partial charge in [-0.3, -0.25) is 9.59 Å². The third-order valence-electron chi connectivity index (χ3n) is 6.60. The Morgan fingerprint density at radius 3 is 2.66 bits per heavy atom. The number of carbonyl (C=O) groups excluding carboxylic acids is 3. The van der Waals surface area contributed by atoms with E-state index in [2.05, 4.69) is 15.9 Å². The third-order valence-corrected chi connectivity index (χ3v) is 7.09. The number of imide groups is 1. The Kier molecular flexibility index (Phi) is 4.77. The molecule has 0 saturated carbocycles. The number of halogens is 2. The summed E-state index contributed by atoms with van der Waals surface area (Å²) >= 11 is 3.46. The molecule has 3 aliphatic heterocycles. The minimum atomic E-state index is -1.47. The zero-order valence-electron chi connectivity index (χ0n) is 17.4. The molecule has 2 aromatic rings. The maximum atomic E-state index is 13.8. The second-order valence-corrected chi connectivity index (χ2v) is 9.16. The standard InChI is InChI=1S/C23H20BrFN2O5/c1-3-31-20(28)18-16-11-32-17-9-4-12(24)10-15(17)19(16)27-22(30)26(21(29)23(18,27)2)14-7-5-13(25)6-8-14/h4-10,16,18-19H,3,11H2,1-2H3/t16-,18+,19+,23+/m1/s1. The number of carbonyl (C=O) groups is 3. The summed E-state index contributed by atoms with van der Waals surface area (Å²) in [5.74, 6) is -2.34. The summed E-state index contributed by atoms with van der Waals surface area (Å²) in [7, 11) is 0. The van der Waals surface area contributed by atoms with Crippen molar-refractivity contribution in [3.63, 3.8) is 0 Å². The normalized spacial score (nSPS) is 28.2. The first-order chi connectivity index (χ1) is 15.3. The van der Waals surface area contributed by atoms with Gasteiger partial charge >= 0.3 is 12.0 Å². The molecule has 7 nitrogen and oxygen atoms in total.